The van der Waals surface area contributed by atoms with Gasteiger partial charge in [-0.05, 0) is 83.5 Å². The third kappa shape index (κ3) is 86.1. The van der Waals surface area contributed by atoms with E-state index in [-0.39, 0.29) is 38.2 Å². The van der Waals surface area contributed by atoms with Gasteiger partial charge in [0.1, 0.15) is 13.2 Å². The zero-order valence-electron chi connectivity index (χ0n) is 69.5. The number of carbonyl (C=O) groups excluding carboxylic acids is 2. The average molecular weight is 1450 g/mol. The summed E-state index contributed by atoms with van der Waals surface area (Å²) in [5.41, 5.74) is 0. The summed E-state index contributed by atoms with van der Waals surface area (Å²) in [6.07, 6.45) is 111. The van der Waals surface area contributed by atoms with E-state index < -0.39 is 18.4 Å². The summed E-state index contributed by atoms with van der Waals surface area (Å²) < 4.78 is 23.1. The molecule has 0 aromatic heterocycles. The lowest BCUT2D eigenvalue weighted by atomic mass is 10.0. The van der Waals surface area contributed by atoms with Crippen LogP contribution in [0.3, 0.4) is 0 Å². The fourth-order valence-corrected chi connectivity index (χ4v) is 13.8. The molecule has 2 atom stereocenters. The number of hydrogen-bond donors (Lipinski definition) is 1. The van der Waals surface area contributed by atoms with Gasteiger partial charge >= 0.3 is 17.9 Å². The van der Waals surface area contributed by atoms with Gasteiger partial charge in [-0.3, -0.25) is 9.59 Å². The molecular weight excluding hydrogens is 1270 g/mol. The Morgan fingerprint density at radius 1 is 0.291 bits per heavy atom. The van der Waals surface area contributed by atoms with E-state index in [0.717, 1.165) is 57.8 Å². The molecule has 0 heterocycles. The predicted molar refractivity (Wildman–Crippen MR) is 447 cm³/mol. The highest BCUT2D eigenvalue weighted by Crippen LogP contribution is 2.21. The maximum absolute atomic E-state index is 13.0. The van der Waals surface area contributed by atoms with Crippen molar-refractivity contribution >= 4 is 17.9 Å². The number of rotatable bonds is 86. The largest absolute Gasteiger partial charge is 0.477 e. The topological polar surface area (TPSA) is 108 Å². The molecule has 1 N–H and O–H groups in total. The fourth-order valence-electron chi connectivity index (χ4n) is 13.8. The normalized spacial score (nSPS) is 12.8. The van der Waals surface area contributed by atoms with Crippen LogP contribution < -0.4 is 0 Å². The number of hydrogen-bond acceptors (Lipinski definition) is 7. The number of carboxylic acids is 1. The molecule has 0 spiro atoms. The summed E-state index contributed by atoms with van der Waals surface area (Å²) in [5, 5.41) is 9.80. The van der Waals surface area contributed by atoms with E-state index in [4.69, 9.17) is 18.9 Å². The Hall–Kier alpha value is -3.01. The summed E-state index contributed by atoms with van der Waals surface area (Å²) in [4.78, 5) is 37.8. The standard InChI is InChI=1S/C94H175NO8/c1-6-8-10-12-14-16-18-20-22-24-26-28-30-32-34-36-38-40-42-44-45-46-47-49-50-52-54-56-58-60-62-64-66-68-70-72-74-76-78-80-82-84-91(96)101-88-90(89-102-94(93(98)99)100-87-86-95(3,4)5)103-92(97)85-83-81-79-77-75-73-71-69-67-65-63-61-59-57-55-53-51-48-43-41-39-37-35-33-31-29-27-25-23-21-19-17-15-13-11-9-7-2/h18-21,24-27,31,33,90,94H,6-17,22-23,28-30,32,34-89H2,1-5H3/p+1/b20-18-,21-19-,26-24-,27-25-,33-31-. The molecule has 0 fully saturated rings. The molecule has 0 aliphatic carbocycles. The Balaban J connectivity index is 3.89. The van der Waals surface area contributed by atoms with Crippen LogP contribution in [0, 0.1) is 0 Å². The SMILES string of the molecule is CCCCCCC/C=C\C/C=C\C/C=C\CCCCCCCCCCCCCCCCCCCCCCCCC(=O)OC(COC(=O)CCCCCCCCCCCCCCCCCCCCCCCCCCCCCCC/C=C\C/C=C\CCCCCCC)COC(OCC[N+](C)(C)C)C(=O)O. The monoisotopic (exact) mass is 1450 g/mol. The minimum atomic E-state index is -1.51. The van der Waals surface area contributed by atoms with Crippen molar-refractivity contribution in [1.82, 2.24) is 0 Å². The quantitative estimate of drug-likeness (QED) is 0.0211. The molecule has 0 bridgehead atoms. The van der Waals surface area contributed by atoms with Gasteiger partial charge in [-0.25, -0.2) is 4.79 Å². The van der Waals surface area contributed by atoms with Crippen molar-refractivity contribution in [3.05, 3.63) is 60.8 Å². The molecule has 103 heavy (non-hydrogen) atoms. The number of quaternary nitrogens is 1. The highest BCUT2D eigenvalue weighted by molar-refractivity contribution is 5.71. The summed E-state index contributed by atoms with van der Waals surface area (Å²) in [7, 11) is 6.00. The summed E-state index contributed by atoms with van der Waals surface area (Å²) in [6.45, 7) is 4.93. The maximum Gasteiger partial charge on any atom is 0.361 e. The van der Waals surface area contributed by atoms with Crippen LogP contribution in [0.25, 0.3) is 0 Å². The number of ether oxygens (including phenoxy) is 4. The van der Waals surface area contributed by atoms with Gasteiger partial charge in [0.25, 0.3) is 6.29 Å². The van der Waals surface area contributed by atoms with E-state index in [1.807, 2.05) is 21.1 Å². The zero-order valence-corrected chi connectivity index (χ0v) is 69.5. The zero-order chi connectivity index (χ0) is 74.6. The van der Waals surface area contributed by atoms with Gasteiger partial charge in [-0.1, -0.05) is 428 Å². The number of nitrogens with zero attached hydrogens (tertiary/aromatic N) is 1. The van der Waals surface area contributed by atoms with Crippen molar-refractivity contribution in [2.24, 2.45) is 0 Å². The van der Waals surface area contributed by atoms with Gasteiger partial charge in [0.2, 0.25) is 0 Å². The molecule has 0 aliphatic heterocycles. The molecule has 0 amide bonds. The van der Waals surface area contributed by atoms with Crippen LogP contribution in [0.5, 0.6) is 0 Å². The van der Waals surface area contributed by atoms with Crippen LogP contribution in [0.4, 0.5) is 0 Å². The molecule has 2 unspecified atom stereocenters. The first kappa shape index (κ1) is 100.0. The molecule has 9 heteroatoms. The van der Waals surface area contributed by atoms with Gasteiger partial charge in [-0.2, -0.15) is 0 Å². The number of esters is 2. The predicted octanol–water partition coefficient (Wildman–Crippen LogP) is 29.7. The maximum atomic E-state index is 13.0. The van der Waals surface area contributed by atoms with Gasteiger partial charge in [0.05, 0.1) is 34.4 Å². The Kier molecular flexibility index (Phi) is 82.1. The summed E-state index contributed by atoms with van der Waals surface area (Å²) in [5.74, 6) is -1.97. The van der Waals surface area contributed by atoms with Crippen LogP contribution in [0.2, 0.25) is 0 Å². The first-order valence-electron chi connectivity index (χ1n) is 45.5. The van der Waals surface area contributed by atoms with Crippen molar-refractivity contribution < 1.29 is 42.9 Å². The van der Waals surface area contributed by atoms with Crippen molar-refractivity contribution in [2.45, 2.75) is 476 Å². The molecule has 0 saturated heterocycles. The van der Waals surface area contributed by atoms with E-state index >= 15 is 0 Å². The van der Waals surface area contributed by atoms with Gasteiger partial charge < -0.3 is 28.5 Å². The van der Waals surface area contributed by atoms with Crippen LogP contribution in [-0.4, -0.2) is 87.4 Å². The molecule has 604 valence electrons. The molecule has 0 aromatic rings. The molecule has 9 nitrogen and oxygen atoms in total. The number of carbonyl (C=O) groups is 3. The highest BCUT2D eigenvalue weighted by Gasteiger charge is 2.25. The van der Waals surface area contributed by atoms with Crippen molar-refractivity contribution in [3.63, 3.8) is 0 Å². The second kappa shape index (κ2) is 84.6. The minimum Gasteiger partial charge on any atom is -0.477 e. The number of unbranched alkanes of at least 4 members (excludes halogenated alkanes) is 61. The lowest BCUT2D eigenvalue weighted by Gasteiger charge is -2.25. The van der Waals surface area contributed by atoms with E-state index in [0.29, 0.717) is 17.4 Å². The van der Waals surface area contributed by atoms with E-state index in [2.05, 4.69) is 74.6 Å². The highest BCUT2D eigenvalue weighted by atomic mass is 16.7. The van der Waals surface area contributed by atoms with Crippen molar-refractivity contribution in [2.75, 3.05) is 47.5 Å². The van der Waals surface area contributed by atoms with Crippen molar-refractivity contribution in [1.29, 1.82) is 0 Å². The molecule has 0 aliphatic rings. The fraction of sp³-hybridized carbons (Fsp3) is 0.862. The summed E-state index contributed by atoms with van der Waals surface area (Å²) in [6, 6.07) is 0. The smallest absolute Gasteiger partial charge is 0.361 e. The van der Waals surface area contributed by atoms with E-state index in [1.165, 1.54) is 379 Å². The Bertz CT molecular complexity index is 1880. The first-order valence-corrected chi connectivity index (χ1v) is 45.5. The summed E-state index contributed by atoms with van der Waals surface area (Å²) >= 11 is 0. The Labute approximate surface area is 641 Å². The minimum absolute atomic E-state index is 0.176. The number of carboxylic acid groups (broad SMARTS) is 1. The van der Waals surface area contributed by atoms with E-state index in [9.17, 15) is 19.5 Å². The second-order valence-electron chi connectivity index (χ2n) is 32.3. The van der Waals surface area contributed by atoms with Crippen LogP contribution >= 0.6 is 0 Å². The molecule has 0 aromatic carbocycles. The number of aliphatic carboxylic acids is 1. The van der Waals surface area contributed by atoms with Crippen molar-refractivity contribution in [3.8, 4) is 0 Å². The van der Waals surface area contributed by atoms with E-state index in [1.54, 1.807) is 0 Å². The molecule has 0 rings (SSSR count). The number of likely N-dealkylation sites (N-methyl/N-ethyl adjacent to an activating group) is 1. The second-order valence-corrected chi connectivity index (χ2v) is 32.3. The Morgan fingerprint density at radius 3 is 0.777 bits per heavy atom. The van der Waals surface area contributed by atoms with Crippen LogP contribution in [0.1, 0.15) is 463 Å². The average Bonchev–Trinajstić information content (AvgIpc) is 1.16. The van der Waals surface area contributed by atoms with Crippen LogP contribution in [-0.2, 0) is 33.3 Å². The van der Waals surface area contributed by atoms with Gasteiger partial charge in [-0.15, -0.1) is 0 Å². The number of allylic oxidation sites excluding steroid dienone is 10. The first-order chi connectivity index (χ1) is 50.6. The lowest BCUT2D eigenvalue weighted by Crippen LogP contribution is -2.40. The molecular formula is C94H176NO8+. The molecule has 0 radical (unpaired) electrons. The van der Waals surface area contributed by atoms with Crippen LogP contribution in [0.15, 0.2) is 60.8 Å². The molecule has 0 saturated carbocycles. The van der Waals surface area contributed by atoms with Gasteiger partial charge in [0, 0.05) is 12.8 Å². The lowest BCUT2D eigenvalue weighted by molar-refractivity contribution is -0.870. The third-order valence-electron chi connectivity index (χ3n) is 20.7. The van der Waals surface area contributed by atoms with Gasteiger partial charge in [0.15, 0.2) is 6.10 Å². The third-order valence-corrected chi connectivity index (χ3v) is 20.7. The Morgan fingerprint density at radius 2 is 0.524 bits per heavy atom.